The van der Waals surface area contributed by atoms with Crippen molar-refractivity contribution in [1.29, 1.82) is 0 Å². The van der Waals surface area contributed by atoms with Crippen LogP contribution in [-0.2, 0) is 10.9 Å². The van der Waals surface area contributed by atoms with Gasteiger partial charge in [-0.1, -0.05) is 24.3 Å². The Balaban J connectivity index is 1.96. The number of benzene rings is 1. The van der Waals surface area contributed by atoms with Gasteiger partial charge in [-0.2, -0.15) is 13.2 Å². The molecule has 1 unspecified atom stereocenters. The number of hydrogen-bond donors (Lipinski definition) is 0. The second-order valence-corrected chi connectivity index (χ2v) is 4.87. The highest BCUT2D eigenvalue weighted by Gasteiger charge is 2.29. The summed E-state index contributed by atoms with van der Waals surface area (Å²) in [5, 5.41) is 0. The van der Waals surface area contributed by atoms with Crippen LogP contribution in [0.1, 0.15) is 18.1 Å². The molecule has 20 heavy (non-hydrogen) atoms. The molecule has 2 rings (SSSR count). The number of hydrogen-bond acceptors (Lipinski definition) is 2. The van der Waals surface area contributed by atoms with Crippen LogP contribution in [0.25, 0.3) is 6.08 Å². The van der Waals surface area contributed by atoms with Crippen LogP contribution in [0.3, 0.4) is 0 Å². The molecule has 0 aromatic heterocycles. The Bertz CT molecular complexity index is 447. The molecular formula is C15H18F3NO. The molecule has 0 radical (unpaired) electrons. The van der Waals surface area contributed by atoms with Gasteiger partial charge in [0, 0.05) is 19.1 Å². The molecule has 1 aromatic rings. The van der Waals surface area contributed by atoms with Gasteiger partial charge in [-0.15, -0.1) is 0 Å². The smallest absolute Gasteiger partial charge is 0.379 e. The van der Waals surface area contributed by atoms with Crippen LogP contribution in [0.2, 0.25) is 0 Å². The van der Waals surface area contributed by atoms with Crippen LogP contribution < -0.4 is 0 Å². The van der Waals surface area contributed by atoms with E-state index in [4.69, 9.17) is 4.74 Å². The number of nitrogens with zero attached hydrogens (tertiary/aromatic N) is 1. The molecule has 1 fully saturated rings. The van der Waals surface area contributed by atoms with E-state index < -0.39 is 11.7 Å². The van der Waals surface area contributed by atoms with Crippen molar-refractivity contribution in [2.24, 2.45) is 0 Å². The van der Waals surface area contributed by atoms with Crippen LogP contribution in [-0.4, -0.2) is 37.2 Å². The largest absolute Gasteiger partial charge is 0.416 e. The molecule has 1 heterocycles. The van der Waals surface area contributed by atoms with Crippen molar-refractivity contribution in [3.8, 4) is 0 Å². The minimum Gasteiger partial charge on any atom is -0.379 e. The maximum atomic E-state index is 12.4. The van der Waals surface area contributed by atoms with Crippen molar-refractivity contribution in [3.63, 3.8) is 0 Å². The molecule has 0 amide bonds. The van der Waals surface area contributed by atoms with Crippen LogP contribution in [0.4, 0.5) is 13.2 Å². The molecule has 1 aliphatic rings. The molecular weight excluding hydrogens is 267 g/mol. The fourth-order valence-electron chi connectivity index (χ4n) is 2.14. The minimum atomic E-state index is -4.27. The van der Waals surface area contributed by atoms with E-state index >= 15 is 0 Å². The fraction of sp³-hybridized carbons (Fsp3) is 0.467. The molecule has 1 atom stereocenters. The number of rotatable bonds is 3. The van der Waals surface area contributed by atoms with Gasteiger partial charge in [-0.25, -0.2) is 0 Å². The lowest BCUT2D eigenvalue weighted by atomic mass is 10.1. The highest BCUT2D eigenvalue weighted by atomic mass is 19.4. The summed E-state index contributed by atoms with van der Waals surface area (Å²) < 4.78 is 42.6. The Kier molecular flexibility index (Phi) is 4.83. The van der Waals surface area contributed by atoms with Gasteiger partial charge in [0.2, 0.25) is 0 Å². The molecule has 0 N–H and O–H groups in total. The lowest BCUT2D eigenvalue weighted by molar-refractivity contribution is -0.137. The maximum absolute atomic E-state index is 12.4. The van der Waals surface area contributed by atoms with Gasteiger partial charge < -0.3 is 4.74 Å². The number of alkyl halides is 3. The Morgan fingerprint density at radius 1 is 1.15 bits per heavy atom. The zero-order chi connectivity index (χ0) is 14.6. The minimum absolute atomic E-state index is 0.251. The van der Waals surface area contributed by atoms with E-state index in [1.807, 2.05) is 12.2 Å². The van der Waals surface area contributed by atoms with Crippen LogP contribution in [0.15, 0.2) is 30.3 Å². The molecule has 0 spiro atoms. The molecule has 1 aliphatic heterocycles. The predicted octanol–water partition coefficient (Wildman–Crippen LogP) is 3.44. The zero-order valence-electron chi connectivity index (χ0n) is 11.4. The molecule has 5 heteroatoms. The predicted molar refractivity (Wildman–Crippen MR) is 72.3 cm³/mol. The van der Waals surface area contributed by atoms with E-state index in [-0.39, 0.29) is 6.04 Å². The first kappa shape index (κ1) is 15.1. The van der Waals surface area contributed by atoms with E-state index in [1.165, 1.54) is 12.1 Å². The van der Waals surface area contributed by atoms with Crippen LogP contribution in [0.5, 0.6) is 0 Å². The van der Waals surface area contributed by atoms with Crippen LogP contribution >= 0.6 is 0 Å². The van der Waals surface area contributed by atoms with Crippen molar-refractivity contribution in [3.05, 3.63) is 41.5 Å². The monoisotopic (exact) mass is 285 g/mol. The molecule has 0 bridgehead atoms. The van der Waals surface area contributed by atoms with E-state index in [1.54, 1.807) is 0 Å². The van der Waals surface area contributed by atoms with Gasteiger partial charge in [-0.05, 0) is 24.6 Å². The maximum Gasteiger partial charge on any atom is 0.416 e. The van der Waals surface area contributed by atoms with Gasteiger partial charge in [0.05, 0.1) is 18.8 Å². The summed E-state index contributed by atoms with van der Waals surface area (Å²) in [5.74, 6) is 0. The first-order valence-electron chi connectivity index (χ1n) is 6.64. The van der Waals surface area contributed by atoms with Crippen LogP contribution in [0, 0.1) is 0 Å². The third-order valence-electron chi connectivity index (χ3n) is 3.43. The third kappa shape index (κ3) is 4.08. The normalized spacial score (nSPS) is 19.4. The molecule has 0 saturated carbocycles. The van der Waals surface area contributed by atoms with Crippen molar-refractivity contribution >= 4 is 6.08 Å². The van der Waals surface area contributed by atoms with Gasteiger partial charge in [-0.3, -0.25) is 4.90 Å². The molecule has 2 nitrogen and oxygen atoms in total. The molecule has 0 aliphatic carbocycles. The average molecular weight is 285 g/mol. The quantitative estimate of drug-likeness (QED) is 0.843. The van der Waals surface area contributed by atoms with Crippen molar-refractivity contribution in [1.82, 2.24) is 4.90 Å². The first-order valence-corrected chi connectivity index (χ1v) is 6.64. The Morgan fingerprint density at radius 3 is 2.30 bits per heavy atom. The lowest BCUT2D eigenvalue weighted by Crippen LogP contribution is -2.41. The van der Waals surface area contributed by atoms with E-state index in [0.717, 1.165) is 44.0 Å². The summed E-state index contributed by atoms with van der Waals surface area (Å²) in [6.45, 7) is 5.32. The topological polar surface area (TPSA) is 12.5 Å². The summed E-state index contributed by atoms with van der Waals surface area (Å²) in [7, 11) is 0. The molecule has 1 saturated heterocycles. The Morgan fingerprint density at radius 2 is 1.75 bits per heavy atom. The zero-order valence-corrected chi connectivity index (χ0v) is 11.4. The highest BCUT2D eigenvalue weighted by molar-refractivity contribution is 5.50. The second kappa shape index (κ2) is 6.41. The second-order valence-electron chi connectivity index (χ2n) is 4.87. The van der Waals surface area contributed by atoms with E-state index in [0.29, 0.717) is 0 Å². The Hall–Kier alpha value is -1.33. The SMILES string of the molecule is CC(C=Cc1ccc(C(F)(F)F)cc1)N1CCOCC1. The fourth-order valence-corrected chi connectivity index (χ4v) is 2.14. The number of ether oxygens (including phenoxy) is 1. The number of halogens is 3. The molecule has 1 aromatic carbocycles. The van der Waals surface area contributed by atoms with Gasteiger partial charge in [0.25, 0.3) is 0 Å². The third-order valence-corrected chi connectivity index (χ3v) is 3.43. The van der Waals surface area contributed by atoms with Crippen molar-refractivity contribution in [2.75, 3.05) is 26.3 Å². The molecule has 110 valence electrons. The summed E-state index contributed by atoms with van der Waals surface area (Å²) in [6.07, 6.45) is -0.405. The summed E-state index contributed by atoms with van der Waals surface area (Å²) in [4.78, 5) is 2.28. The standard InChI is InChI=1S/C15H18F3NO/c1-12(19-8-10-20-11-9-19)2-3-13-4-6-14(7-5-13)15(16,17)18/h2-7,12H,8-11H2,1H3. The average Bonchev–Trinajstić information content (AvgIpc) is 2.45. The lowest BCUT2D eigenvalue weighted by Gasteiger charge is -2.30. The first-order chi connectivity index (χ1) is 9.47. The highest BCUT2D eigenvalue weighted by Crippen LogP contribution is 2.29. The van der Waals surface area contributed by atoms with E-state index in [2.05, 4.69) is 11.8 Å². The van der Waals surface area contributed by atoms with Gasteiger partial charge in [0.15, 0.2) is 0 Å². The van der Waals surface area contributed by atoms with Crippen molar-refractivity contribution < 1.29 is 17.9 Å². The van der Waals surface area contributed by atoms with Gasteiger partial charge in [0.1, 0.15) is 0 Å². The summed E-state index contributed by atoms with van der Waals surface area (Å²) >= 11 is 0. The summed E-state index contributed by atoms with van der Waals surface area (Å²) in [5.41, 5.74) is 0.161. The summed E-state index contributed by atoms with van der Waals surface area (Å²) in [6, 6.07) is 5.45. The van der Waals surface area contributed by atoms with Crippen molar-refractivity contribution in [2.45, 2.75) is 19.1 Å². The Labute approximate surface area is 116 Å². The van der Waals surface area contributed by atoms with Gasteiger partial charge >= 0.3 is 6.18 Å². The van der Waals surface area contributed by atoms with E-state index in [9.17, 15) is 13.2 Å². The number of morpholine rings is 1.